The van der Waals surface area contributed by atoms with Crippen LogP contribution in [0.15, 0.2) is 59.8 Å². The maximum atomic E-state index is 13.8. The van der Waals surface area contributed by atoms with Crippen LogP contribution in [0.3, 0.4) is 0 Å². The molecule has 5 rings (SSSR count). The van der Waals surface area contributed by atoms with Gasteiger partial charge in [-0.05, 0) is 67.9 Å². The van der Waals surface area contributed by atoms with Crippen LogP contribution in [0, 0.1) is 0 Å². The lowest BCUT2D eigenvalue weighted by Gasteiger charge is -2.23. The van der Waals surface area contributed by atoms with Gasteiger partial charge in [-0.2, -0.15) is 0 Å². The highest BCUT2D eigenvalue weighted by Gasteiger charge is 2.21. The average Bonchev–Trinajstić information content (AvgIpc) is 3.31. The van der Waals surface area contributed by atoms with Crippen molar-refractivity contribution in [3.63, 3.8) is 0 Å². The molecule has 0 bridgehead atoms. The van der Waals surface area contributed by atoms with E-state index < -0.39 is 0 Å². The smallest absolute Gasteiger partial charge is 0.267 e. The summed E-state index contributed by atoms with van der Waals surface area (Å²) >= 11 is 12.6. The second kappa shape index (κ2) is 9.95. The molecular weight excluding hydrogens is 485 g/mol. The molecule has 9 heteroatoms. The number of hydrogen-bond acceptors (Lipinski definition) is 6. The monoisotopic (exact) mass is 509 g/mol. The molecule has 1 aliphatic heterocycles. The molecule has 7 nitrogen and oxygen atoms in total. The van der Waals surface area contributed by atoms with Crippen molar-refractivity contribution < 1.29 is 5.11 Å². The number of phenolic OH excluding ortho intramolecular Hbond substituents is 1. The molecule has 0 aliphatic carbocycles. The van der Waals surface area contributed by atoms with Gasteiger partial charge in [-0.25, -0.2) is 9.97 Å². The number of pyridine rings is 1. The number of aromatic hydroxyl groups is 1. The predicted molar refractivity (Wildman–Crippen MR) is 140 cm³/mol. The highest BCUT2D eigenvalue weighted by molar-refractivity contribution is 6.35. The van der Waals surface area contributed by atoms with Crippen LogP contribution in [0.2, 0.25) is 10.0 Å². The van der Waals surface area contributed by atoms with Gasteiger partial charge in [-0.3, -0.25) is 9.36 Å². The van der Waals surface area contributed by atoms with Crippen LogP contribution in [0.1, 0.15) is 18.4 Å². The molecule has 1 saturated heterocycles. The van der Waals surface area contributed by atoms with Crippen LogP contribution in [0.5, 0.6) is 5.75 Å². The van der Waals surface area contributed by atoms with Gasteiger partial charge in [-0.15, -0.1) is 0 Å². The van der Waals surface area contributed by atoms with Gasteiger partial charge in [0.2, 0.25) is 0 Å². The molecule has 35 heavy (non-hydrogen) atoms. The number of fused-ring (bicyclic) bond motifs is 1. The van der Waals surface area contributed by atoms with Crippen LogP contribution >= 0.6 is 23.2 Å². The summed E-state index contributed by atoms with van der Waals surface area (Å²) in [6.07, 6.45) is 5.47. The molecule has 0 radical (unpaired) electrons. The van der Waals surface area contributed by atoms with Gasteiger partial charge in [0.05, 0.1) is 11.1 Å². The zero-order valence-corrected chi connectivity index (χ0v) is 20.7. The first kappa shape index (κ1) is 23.8. The molecule has 0 spiro atoms. The van der Waals surface area contributed by atoms with Gasteiger partial charge in [0.15, 0.2) is 5.65 Å². The minimum atomic E-state index is -0.259. The number of hydrogen-bond donors (Lipinski definition) is 2. The van der Waals surface area contributed by atoms with E-state index in [1.807, 2.05) is 19.2 Å². The predicted octanol–water partition coefficient (Wildman–Crippen LogP) is 4.64. The second-order valence-electron chi connectivity index (χ2n) is 8.94. The number of rotatable bonds is 6. The van der Waals surface area contributed by atoms with E-state index in [1.54, 1.807) is 30.5 Å². The van der Waals surface area contributed by atoms with Crippen molar-refractivity contribution in [3.05, 3.63) is 81.0 Å². The molecular formula is C26H25Cl2N5O2. The largest absolute Gasteiger partial charge is 0.508 e. The molecule has 180 valence electrons. The molecule has 2 aromatic carbocycles. The maximum Gasteiger partial charge on any atom is 0.267 e. The number of nitrogens with zero attached hydrogens (tertiary/aromatic N) is 4. The van der Waals surface area contributed by atoms with E-state index >= 15 is 0 Å². The summed E-state index contributed by atoms with van der Waals surface area (Å²) in [6.45, 7) is 2.39. The van der Waals surface area contributed by atoms with Crippen LogP contribution < -0.4 is 10.9 Å². The third-order valence-corrected chi connectivity index (χ3v) is 6.73. The van der Waals surface area contributed by atoms with Crippen molar-refractivity contribution in [3.8, 4) is 22.6 Å². The van der Waals surface area contributed by atoms with Gasteiger partial charge in [0, 0.05) is 47.0 Å². The lowest BCUT2D eigenvalue weighted by atomic mass is 9.98. The fraction of sp³-hybridized carbons (Fsp3) is 0.269. The average molecular weight is 510 g/mol. The third-order valence-electron chi connectivity index (χ3n) is 6.30. The molecule has 2 N–H and O–H groups in total. The van der Waals surface area contributed by atoms with Crippen LogP contribution in [0.4, 0.5) is 0 Å². The standard InChI is InChI=1S/C26H25Cl2N5O2/c1-32(13-19-4-3-7-29-19)14-23-22(16-8-17(27)10-18(28)9-16)12-30-25-24(23)26(35)33(15-31-25)20-5-2-6-21(34)11-20/h2,5-6,8-12,15,19,29,34H,3-4,7,13-14H2,1H3/t19-/m0/s1. The number of phenols is 1. The van der Waals surface area contributed by atoms with Crippen molar-refractivity contribution in [1.82, 2.24) is 24.8 Å². The van der Waals surface area contributed by atoms with Crippen molar-refractivity contribution >= 4 is 34.2 Å². The summed E-state index contributed by atoms with van der Waals surface area (Å²) in [5.74, 6) is 0.0685. The van der Waals surface area contributed by atoms with E-state index in [9.17, 15) is 9.90 Å². The Bertz CT molecular complexity index is 1430. The normalized spacial score (nSPS) is 15.8. The van der Waals surface area contributed by atoms with Gasteiger partial charge < -0.3 is 15.3 Å². The first-order valence-electron chi connectivity index (χ1n) is 11.5. The van der Waals surface area contributed by atoms with Gasteiger partial charge in [0.1, 0.15) is 12.1 Å². The number of halogens is 2. The molecule has 1 fully saturated rings. The molecule has 1 aliphatic rings. The summed E-state index contributed by atoms with van der Waals surface area (Å²) in [5, 5.41) is 14.9. The van der Waals surface area contributed by atoms with Crippen molar-refractivity contribution in [1.29, 1.82) is 0 Å². The van der Waals surface area contributed by atoms with Crippen molar-refractivity contribution in [2.45, 2.75) is 25.4 Å². The summed E-state index contributed by atoms with van der Waals surface area (Å²) in [7, 11) is 2.05. The summed E-state index contributed by atoms with van der Waals surface area (Å²) in [6, 6.07) is 12.3. The highest BCUT2D eigenvalue weighted by atomic mass is 35.5. The summed E-state index contributed by atoms with van der Waals surface area (Å²) in [4.78, 5) is 25.0. The zero-order valence-electron chi connectivity index (χ0n) is 19.2. The molecule has 4 aromatic rings. The Hall–Kier alpha value is -2.97. The van der Waals surface area contributed by atoms with E-state index in [2.05, 4.69) is 20.2 Å². The van der Waals surface area contributed by atoms with E-state index in [0.717, 1.165) is 36.2 Å². The van der Waals surface area contributed by atoms with Crippen LogP contribution in [0.25, 0.3) is 27.8 Å². The molecule has 0 saturated carbocycles. The van der Waals surface area contributed by atoms with Crippen molar-refractivity contribution in [2.75, 3.05) is 20.1 Å². The SMILES string of the molecule is CN(Cc1c(-c2cc(Cl)cc(Cl)c2)cnc2ncn(-c3cccc(O)c3)c(=O)c12)C[C@@H]1CCCN1. The Morgan fingerprint density at radius 1 is 1.17 bits per heavy atom. The molecule has 0 amide bonds. The van der Waals surface area contributed by atoms with E-state index in [1.165, 1.54) is 23.4 Å². The fourth-order valence-corrected chi connectivity index (χ4v) is 5.24. The first-order valence-corrected chi connectivity index (χ1v) is 12.2. The number of nitrogens with one attached hydrogen (secondary N) is 1. The molecule has 2 aromatic heterocycles. The third kappa shape index (κ3) is 5.04. The van der Waals surface area contributed by atoms with Crippen LogP contribution in [-0.4, -0.2) is 50.7 Å². The van der Waals surface area contributed by atoms with E-state index in [0.29, 0.717) is 39.4 Å². The van der Waals surface area contributed by atoms with Gasteiger partial charge in [0.25, 0.3) is 5.56 Å². The Balaban J connectivity index is 1.70. The molecule has 1 atom stereocenters. The first-order chi connectivity index (χ1) is 16.9. The zero-order chi connectivity index (χ0) is 24.5. The number of likely N-dealkylation sites (N-methyl/N-ethyl adjacent to an activating group) is 1. The molecule has 3 heterocycles. The maximum absolute atomic E-state index is 13.8. The van der Waals surface area contributed by atoms with Gasteiger partial charge in [-0.1, -0.05) is 29.3 Å². The topological polar surface area (TPSA) is 83.3 Å². The molecule has 0 unspecified atom stereocenters. The Kier molecular flexibility index (Phi) is 6.75. The van der Waals surface area contributed by atoms with Crippen molar-refractivity contribution in [2.24, 2.45) is 0 Å². The lowest BCUT2D eigenvalue weighted by Crippen LogP contribution is -2.35. The number of aromatic nitrogens is 3. The highest BCUT2D eigenvalue weighted by Crippen LogP contribution is 2.32. The quantitative estimate of drug-likeness (QED) is 0.393. The number of benzene rings is 2. The van der Waals surface area contributed by atoms with Gasteiger partial charge >= 0.3 is 0 Å². The van der Waals surface area contributed by atoms with Crippen LogP contribution in [-0.2, 0) is 6.54 Å². The van der Waals surface area contributed by atoms with E-state index in [4.69, 9.17) is 23.2 Å². The fourth-order valence-electron chi connectivity index (χ4n) is 4.72. The minimum Gasteiger partial charge on any atom is -0.508 e. The lowest BCUT2D eigenvalue weighted by molar-refractivity contribution is 0.294. The Labute approximate surface area is 213 Å². The second-order valence-corrected chi connectivity index (χ2v) is 9.81. The Morgan fingerprint density at radius 2 is 1.97 bits per heavy atom. The summed E-state index contributed by atoms with van der Waals surface area (Å²) < 4.78 is 1.43. The summed E-state index contributed by atoms with van der Waals surface area (Å²) in [5.41, 5.74) is 3.00. The minimum absolute atomic E-state index is 0.0685. The van der Waals surface area contributed by atoms with E-state index in [-0.39, 0.29) is 11.3 Å². The Morgan fingerprint density at radius 3 is 2.69 bits per heavy atom.